The van der Waals surface area contributed by atoms with Gasteiger partial charge in [-0.25, -0.2) is 10.2 Å². The van der Waals surface area contributed by atoms with E-state index in [0.29, 0.717) is 28.8 Å². The second kappa shape index (κ2) is 8.52. The van der Waals surface area contributed by atoms with Crippen molar-refractivity contribution < 1.29 is 19.4 Å². The van der Waals surface area contributed by atoms with Crippen LogP contribution in [0, 0.1) is 0 Å². The minimum Gasteiger partial charge on any atom is -0.508 e. The lowest BCUT2D eigenvalue weighted by molar-refractivity contribution is 0.151. The smallest absolute Gasteiger partial charge is 0.428 e. The first-order valence-corrected chi connectivity index (χ1v) is 9.31. The minimum absolute atomic E-state index is 0.143. The van der Waals surface area contributed by atoms with Crippen LogP contribution >= 0.6 is 0 Å². The molecule has 0 saturated heterocycles. The number of carbonyl (C=O) groups is 1. The van der Waals surface area contributed by atoms with Crippen molar-refractivity contribution in [2.24, 2.45) is 0 Å². The lowest BCUT2D eigenvalue weighted by atomic mass is 10.0. The first kappa shape index (κ1) is 19.3. The highest BCUT2D eigenvalue weighted by atomic mass is 16.6. The summed E-state index contributed by atoms with van der Waals surface area (Å²) in [5.74, 6) is 0.797. The van der Waals surface area contributed by atoms with E-state index in [0.717, 1.165) is 11.1 Å². The van der Waals surface area contributed by atoms with Crippen LogP contribution in [0.15, 0.2) is 66.7 Å². The summed E-state index contributed by atoms with van der Waals surface area (Å²) in [6.07, 6.45) is -0.251. The summed E-state index contributed by atoms with van der Waals surface area (Å²) < 4.78 is 10.5. The molecule has 0 spiro atoms. The number of aromatic nitrogens is 3. The molecule has 0 fully saturated rings. The number of carbonyl (C=O) groups excluding carboxylic acids is 1. The van der Waals surface area contributed by atoms with E-state index in [1.165, 1.54) is 4.79 Å². The van der Waals surface area contributed by atoms with Gasteiger partial charge in [0.2, 0.25) is 0 Å². The number of methoxy groups -OCH3 is 1. The highest BCUT2D eigenvalue weighted by Crippen LogP contribution is 2.27. The minimum atomic E-state index is -0.648. The van der Waals surface area contributed by atoms with Gasteiger partial charge in [0.1, 0.15) is 29.1 Å². The predicted octanol–water partition coefficient (Wildman–Crippen LogP) is 3.62. The van der Waals surface area contributed by atoms with Crippen molar-refractivity contribution in [1.29, 1.82) is 0 Å². The van der Waals surface area contributed by atoms with Gasteiger partial charge in [-0.15, -0.1) is 9.89 Å². The van der Waals surface area contributed by atoms with Gasteiger partial charge in [0.15, 0.2) is 0 Å². The molecule has 152 valence electrons. The predicted molar refractivity (Wildman–Crippen MR) is 111 cm³/mol. The van der Waals surface area contributed by atoms with Crippen LogP contribution in [0.4, 0.5) is 4.79 Å². The molecule has 0 aliphatic rings. The number of benzene rings is 3. The molecule has 0 atom stereocenters. The van der Waals surface area contributed by atoms with Crippen LogP contribution in [0.2, 0.25) is 0 Å². The molecule has 2 N–H and O–H groups in total. The number of fused-ring (bicyclic) bond motifs is 1. The number of aromatic hydroxyl groups is 1. The fourth-order valence-electron chi connectivity index (χ4n) is 3.14. The van der Waals surface area contributed by atoms with E-state index in [4.69, 9.17) is 9.47 Å². The SMILES string of the molecule is COc1ccc(O)c(Cc2cccc3nnn(NC(=O)OCc4ccccc4)c23)c1. The summed E-state index contributed by atoms with van der Waals surface area (Å²) in [7, 11) is 1.57. The van der Waals surface area contributed by atoms with Gasteiger partial charge in [-0.2, -0.15) is 0 Å². The van der Waals surface area contributed by atoms with Crippen molar-refractivity contribution in [3.63, 3.8) is 0 Å². The van der Waals surface area contributed by atoms with Crippen molar-refractivity contribution in [2.45, 2.75) is 13.0 Å². The molecule has 4 rings (SSSR count). The van der Waals surface area contributed by atoms with Crippen molar-refractivity contribution in [1.82, 2.24) is 15.1 Å². The average molecular weight is 404 g/mol. The van der Waals surface area contributed by atoms with E-state index in [1.54, 1.807) is 31.4 Å². The molecule has 0 bridgehead atoms. The first-order chi connectivity index (χ1) is 14.6. The molecule has 0 radical (unpaired) electrons. The zero-order chi connectivity index (χ0) is 20.9. The molecule has 1 amide bonds. The summed E-state index contributed by atoms with van der Waals surface area (Å²) in [4.78, 5) is 13.5. The highest BCUT2D eigenvalue weighted by Gasteiger charge is 2.15. The molecular formula is C22H20N4O4. The van der Waals surface area contributed by atoms with Crippen LogP contribution in [0.5, 0.6) is 11.5 Å². The zero-order valence-electron chi connectivity index (χ0n) is 16.3. The van der Waals surface area contributed by atoms with Gasteiger partial charge >= 0.3 is 6.09 Å². The third kappa shape index (κ3) is 4.17. The van der Waals surface area contributed by atoms with Gasteiger partial charge in [0.25, 0.3) is 0 Å². The Morgan fingerprint density at radius 2 is 1.90 bits per heavy atom. The quantitative estimate of drug-likeness (QED) is 0.509. The van der Waals surface area contributed by atoms with Crippen molar-refractivity contribution in [3.8, 4) is 11.5 Å². The van der Waals surface area contributed by atoms with Crippen LogP contribution in [0.3, 0.4) is 0 Å². The summed E-state index contributed by atoms with van der Waals surface area (Å²) in [6, 6.07) is 20.0. The van der Waals surface area contributed by atoms with Gasteiger partial charge in [-0.05, 0) is 40.6 Å². The normalized spacial score (nSPS) is 10.7. The number of nitrogens with zero attached hydrogens (tertiary/aromatic N) is 3. The maximum atomic E-state index is 12.3. The van der Waals surface area contributed by atoms with Gasteiger partial charge < -0.3 is 14.6 Å². The number of hydrogen-bond acceptors (Lipinski definition) is 6. The Kier molecular flexibility index (Phi) is 5.47. The number of amides is 1. The number of para-hydroxylation sites is 1. The van der Waals surface area contributed by atoms with E-state index in [1.807, 2.05) is 42.5 Å². The molecule has 3 aromatic carbocycles. The number of phenols is 1. The van der Waals surface area contributed by atoms with Crippen LogP contribution < -0.4 is 10.2 Å². The van der Waals surface area contributed by atoms with Crippen LogP contribution in [0.1, 0.15) is 16.7 Å². The third-order valence-corrected chi connectivity index (χ3v) is 4.63. The second-order valence-corrected chi connectivity index (χ2v) is 6.63. The zero-order valence-corrected chi connectivity index (χ0v) is 16.3. The van der Waals surface area contributed by atoms with Crippen molar-refractivity contribution >= 4 is 17.1 Å². The average Bonchev–Trinajstić information content (AvgIpc) is 3.18. The number of hydrogen-bond donors (Lipinski definition) is 2. The molecule has 0 aliphatic heterocycles. The first-order valence-electron chi connectivity index (χ1n) is 9.31. The Labute approximate surface area is 172 Å². The topological polar surface area (TPSA) is 98.5 Å². The Morgan fingerprint density at radius 1 is 1.07 bits per heavy atom. The molecule has 1 heterocycles. The Hall–Kier alpha value is -4.07. The van der Waals surface area contributed by atoms with E-state index in [2.05, 4.69) is 15.7 Å². The third-order valence-electron chi connectivity index (χ3n) is 4.63. The second-order valence-electron chi connectivity index (χ2n) is 6.63. The summed E-state index contributed by atoms with van der Waals surface area (Å²) >= 11 is 0. The maximum absolute atomic E-state index is 12.3. The maximum Gasteiger partial charge on any atom is 0.428 e. The van der Waals surface area contributed by atoms with Crippen molar-refractivity contribution in [2.75, 3.05) is 12.5 Å². The molecule has 8 nitrogen and oxygen atoms in total. The molecule has 1 aromatic heterocycles. The van der Waals surface area contributed by atoms with E-state index in [-0.39, 0.29) is 12.4 Å². The fourth-order valence-corrected chi connectivity index (χ4v) is 3.14. The van der Waals surface area contributed by atoms with Crippen LogP contribution in [-0.2, 0) is 17.8 Å². The molecule has 0 unspecified atom stereocenters. The number of phenolic OH excluding ortho intramolecular Hbond substituents is 1. The molecule has 30 heavy (non-hydrogen) atoms. The summed E-state index contributed by atoms with van der Waals surface area (Å²) in [5.41, 5.74) is 6.21. The highest BCUT2D eigenvalue weighted by molar-refractivity contribution is 5.83. The molecule has 4 aromatic rings. The molecule has 0 saturated carbocycles. The number of ether oxygens (including phenoxy) is 2. The van der Waals surface area contributed by atoms with Crippen LogP contribution in [-0.4, -0.2) is 33.4 Å². The van der Waals surface area contributed by atoms with Crippen LogP contribution in [0.25, 0.3) is 11.0 Å². The molecule has 8 heteroatoms. The van der Waals surface area contributed by atoms with Gasteiger partial charge in [-0.1, -0.05) is 42.5 Å². The Bertz CT molecular complexity index is 1170. The van der Waals surface area contributed by atoms with Gasteiger partial charge in [0, 0.05) is 12.0 Å². The number of rotatable bonds is 6. The molecular weight excluding hydrogens is 384 g/mol. The van der Waals surface area contributed by atoms with E-state index < -0.39 is 6.09 Å². The largest absolute Gasteiger partial charge is 0.508 e. The number of nitrogens with one attached hydrogen (secondary N) is 1. The van der Waals surface area contributed by atoms with E-state index in [9.17, 15) is 9.90 Å². The standard InChI is InChI=1S/C22H20N4O4/c1-29-18-10-11-20(27)17(13-18)12-16-8-5-9-19-21(16)26(25-23-19)24-22(28)30-14-15-6-3-2-4-7-15/h2-11,13,27H,12,14H2,1H3,(H,24,28). The summed E-state index contributed by atoms with van der Waals surface area (Å²) in [6.45, 7) is 0.143. The lowest BCUT2D eigenvalue weighted by Crippen LogP contribution is -2.25. The molecule has 0 aliphatic carbocycles. The lowest BCUT2D eigenvalue weighted by Gasteiger charge is -2.11. The van der Waals surface area contributed by atoms with Gasteiger partial charge in [-0.3, -0.25) is 0 Å². The fraction of sp³-hybridized carbons (Fsp3) is 0.136. The summed E-state index contributed by atoms with van der Waals surface area (Å²) in [5, 5.41) is 18.3. The Balaban J connectivity index is 1.56. The monoisotopic (exact) mass is 404 g/mol. The Morgan fingerprint density at radius 3 is 2.70 bits per heavy atom. The van der Waals surface area contributed by atoms with Crippen molar-refractivity contribution in [3.05, 3.63) is 83.4 Å². The van der Waals surface area contributed by atoms with Gasteiger partial charge in [0.05, 0.1) is 7.11 Å². The van der Waals surface area contributed by atoms with E-state index >= 15 is 0 Å².